The minimum Gasteiger partial charge on any atom is -0.370 e. The highest BCUT2D eigenvalue weighted by atomic mass is 32.2. The molecule has 1 aromatic rings. The van der Waals surface area contributed by atoms with Gasteiger partial charge in [-0.15, -0.1) is 0 Å². The van der Waals surface area contributed by atoms with Crippen LogP contribution in [0.4, 0.5) is 19.0 Å². The number of rotatable bonds is 3. The van der Waals surface area contributed by atoms with Gasteiger partial charge < -0.3 is 5.32 Å². The second-order valence-corrected chi connectivity index (χ2v) is 9.45. The third kappa shape index (κ3) is 3.68. The Kier molecular flexibility index (Phi) is 4.30. The molecule has 8 heteroatoms. The maximum atomic E-state index is 13.3. The zero-order valence-corrected chi connectivity index (χ0v) is 14.4. The number of nitrogens with one attached hydrogen (secondary N) is 1. The number of hydrogen-bond donors (Lipinski definition) is 1. The summed E-state index contributed by atoms with van der Waals surface area (Å²) in [6, 6.07) is 1.09. The van der Waals surface area contributed by atoms with Crippen LogP contribution >= 0.6 is 0 Å². The van der Waals surface area contributed by atoms with Crippen molar-refractivity contribution in [3.05, 3.63) is 22.9 Å². The van der Waals surface area contributed by atoms with E-state index in [9.17, 15) is 21.6 Å². The molecule has 1 saturated heterocycles. The molecular formula is C16H21F3N2O2S. The Morgan fingerprint density at radius 3 is 2.54 bits per heavy atom. The fourth-order valence-corrected chi connectivity index (χ4v) is 5.21. The molecular weight excluding hydrogens is 341 g/mol. The highest BCUT2D eigenvalue weighted by Crippen LogP contribution is 2.38. The molecule has 1 aliphatic carbocycles. The molecule has 1 aromatic heterocycles. The minimum absolute atomic E-state index is 0.136. The molecule has 1 aliphatic heterocycles. The summed E-state index contributed by atoms with van der Waals surface area (Å²) in [6.07, 6.45) is -1.66. The SMILES string of the molecule is CC1(CNc2cc(C(F)(F)F)c3c(n2)CCC3)CCS(=O)(=O)CC1. The van der Waals surface area contributed by atoms with Crippen molar-refractivity contribution in [3.63, 3.8) is 0 Å². The molecule has 134 valence electrons. The van der Waals surface area contributed by atoms with E-state index >= 15 is 0 Å². The zero-order valence-electron chi connectivity index (χ0n) is 13.5. The molecule has 0 saturated carbocycles. The van der Waals surface area contributed by atoms with Crippen LogP contribution in [0.5, 0.6) is 0 Å². The van der Waals surface area contributed by atoms with Crippen molar-refractivity contribution in [2.24, 2.45) is 5.41 Å². The summed E-state index contributed by atoms with van der Waals surface area (Å²) < 4.78 is 62.8. The third-order valence-corrected chi connectivity index (χ3v) is 6.74. The standard InChI is InChI=1S/C16H21F3N2O2S/c1-15(5-7-24(22,23)8-6-15)10-20-14-9-12(16(17,18)19)11-3-2-4-13(11)21-14/h9H,2-8,10H2,1H3,(H,20,21). The number of nitrogens with zero attached hydrogens (tertiary/aromatic N) is 1. The zero-order chi connectivity index (χ0) is 17.6. The molecule has 0 unspecified atom stereocenters. The third-order valence-electron chi connectivity index (χ3n) is 5.09. The molecule has 24 heavy (non-hydrogen) atoms. The van der Waals surface area contributed by atoms with Crippen molar-refractivity contribution in [1.29, 1.82) is 0 Å². The van der Waals surface area contributed by atoms with Gasteiger partial charge in [-0.3, -0.25) is 0 Å². The van der Waals surface area contributed by atoms with Gasteiger partial charge in [0.25, 0.3) is 0 Å². The molecule has 0 spiro atoms. The van der Waals surface area contributed by atoms with Crippen molar-refractivity contribution >= 4 is 15.7 Å². The Bertz CT molecular complexity index is 730. The molecule has 0 atom stereocenters. The molecule has 2 aliphatic rings. The first-order chi connectivity index (χ1) is 11.1. The van der Waals surface area contributed by atoms with Gasteiger partial charge in [-0.2, -0.15) is 13.2 Å². The van der Waals surface area contributed by atoms with E-state index in [4.69, 9.17) is 0 Å². The summed E-state index contributed by atoms with van der Waals surface area (Å²) in [4.78, 5) is 4.34. The number of fused-ring (bicyclic) bond motifs is 1. The molecule has 3 rings (SSSR count). The lowest BCUT2D eigenvalue weighted by Crippen LogP contribution is -2.36. The number of hydrogen-bond acceptors (Lipinski definition) is 4. The average Bonchev–Trinajstić information content (AvgIpc) is 2.95. The van der Waals surface area contributed by atoms with Crippen LogP contribution in [0.15, 0.2) is 6.07 Å². The number of sulfone groups is 1. The maximum Gasteiger partial charge on any atom is 0.416 e. The van der Waals surface area contributed by atoms with Crippen LogP contribution in [0.2, 0.25) is 0 Å². The van der Waals surface area contributed by atoms with Crippen LogP contribution in [-0.4, -0.2) is 31.5 Å². The van der Waals surface area contributed by atoms with E-state index < -0.39 is 21.6 Å². The first-order valence-electron chi connectivity index (χ1n) is 8.12. The van der Waals surface area contributed by atoms with Crippen molar-refractivity contribution in [2.45, 2.75) is 45.2 Å². The Labute approximate surface area is 139 Å². The summed E-state index contributed by atoms with van der Waals surface area (Å²) in [5.41, 5.74) is 0.0142. The Balaban J connectivity index is 1.77. The van der Waals surface area contributed by atoms with Gasteiger partial charge in [0.05, 0.1) is 17.1 Å². The number of aryl methyl sites for hydroxylation is 1. The first-order valence-corrected chi connectivity index (χ1v) is 9.94. The number of pyridine rings is 1. The van der Waals surface area contributed by atoms with Crippen molar-refractivity contribution in [1.82, 2.24) is 4.98 Å². The summed E-state index contributed by atoms with van der Waals surface area (Å²) in [7, 11) is -2.96. The van der Waals surface area contributed by atoms with Gasteiger partial charge in [-0.25, -0.2) is 13.4 Å². The maximum absolute atomic E-state index is 13.3. The summed E-state index contributed by atoms with van der Waals surface area (Å²) in [5.74, 6) is 0.505. The van der Waals surface area contributed by atoms with E-state index in [1.54, 1.807) is 0 Å². The molecule has 0 amide bonds. The van der Waals surface area contributed by atoms with Crippen molar-refractivity contribution in [2.75, 3.05) is 23.4 Å². The van der Waals surface area contributed by atoms with Gasteiger partial charge in [0, 0.05) is 12.2 Å². The van der Waals surface area contributed by atoms with Crippen LogP contribution in [-0.2, 0) is 28.9 Å². The normalized spacial score (nSPS) is 22.2. The van der Waals surface area contributed by atoms with Gasteiger partial charge in [0.1, 0.15) is 15.7 Å². The monoisotopic (exact) mass is 362 g/mol. The summed E-state index contributed by atoms with van der Waals surface area (Å²) in [6.45, 7) is 2.39. The van der Waals surface area contributed by atoms with Crippen LogP contribution in [0.1, 0.15) is 43.0 Å². The fourth-order valence-electron chi connectivity index (χ4n) is 3.40. The van der Waals surface area contributed by atoms with Crippen LogP contribution < -0.4 is 5.32 Å². The Morgan fingerprint density at radius 2 is 1.92 bits per heavy atom. The molecule has 0 bridgehead atoms. The largest absolute Gasteiger partial charge is 0.416 e. The van der Waals surface area contributed by atoms with E-state index in [0.29, 0.717) is 49.9 Å². The quantitative estimate of drug-likeness (QED) is 0.897. The molecule has 0 aromatic carbocycles. The van der Waals surface area contributed by atoms with Crippen LogP contribution in [0.25, 0.3) is 0 Å². The number of alkyl halides is 3. The second-order valence-electron chi connectivity index (χ2n) is 7.15. The van der Waals surface area contributed by atoms with Gasteiger partial charge in [0.15, 0.2) is 0 Å². The molecule has 4 nitrogen and oxygen atoms in total. The average molecular weight is 362 g/mol. The lowest BCUT2D eigenvalue weighted by molar-refractivity contribution is -0.138. The first kappa shape index (κ1) is 17.5. The minimum atomic E-state index is -4.38. The number of halogens is 3. The van der Waals surface area contributed by atoms with Crippen LogP contribution in [0.3, 0.4) is 0 Å². The Morgan fingerprint density at radius 1 is 1.25 bits per heavy atom. The van der Waals surface area contributed by atoms with Gasteiger partial charge in [-0.1, -0.05) is 6.92 Å². The van der Waals surface area contributed by atoms with E-state index in [1.807, 2.05) is 6.92 Å². The van der Waals surface area contributed by atoms with E-state index in [0.717, 1.165) is 6.07 Å². The van der Waals surface area contributed by atoms with Gasteiger partial charge in [-0.05, 0) is 49.1 Å². The molecule has 2 heterocycles. The topological polar surface area (TPSA) is 59.1 Å². The highest BCUT2D eigenvalue weighted by Gasteiger charge is 2.37. The van der Waals surface area contributed by atoms with E-state index in [-0.39, 0.29) is 22.7 Å². The van der Waals surface area contributed by atoms with Crippen molar-refractivity contribution in [3.8, 4) is 0 Å². The predicted molar refractivity (Wildman–Crippen MR) is 85.7 cm³/mol. The van der Waals surface area contributed by atoms with Gasteiger partial charge >= 0.3 is 6.18 Å². The molecule has 0 radical (unpaired) electrons. The highest BCUT2D eigenvalue weighted by molar-refractivity contribution is 7.91. The van der Waals surface area contributed by atoms with Crippen LogP contribution in [0, 0.1) is 5.41 Å². The fraction of sp³-hybridized carbons (Fsp3) is 0.688. The lowest BCUT2D eigenvalue weighted by atomic mass is 9.84. The van der Waals surface area contributed by atoms with E-state index in [1.165, 1.54) is 0 Å². The van der Waals surface area contributed by atoms with E-state index in [2.05, 4.69) is 10.3 Å². The predicted octanol–water partition coefficient (Wildman–Crippen LogP) is 3.22. The van der Waals surface area contributed by atoms with Crippen molar-refractivity contribution < 1.29 is 21.6 Å². The second kappa shape index (κ2) is 5.89. The Hall–Kier alpha value is -1.31. The number of anilines is 1. The summed E-state index contributed by atoms with van der Waals surface area (Å²) >= 11 is 0. The van der Waals surface area contributed by atoms with Gasteiger partial charge in [0.2, 0.25) is 0 Å². The smallest absolute Gasteiger partial charge is 0.370 e. The number of aromatic nitrogens is 1. The molecule has 1 N–H and O–H groups in total. The summed E-state index contributed by atoms with van der Waals surface area (Å²) in [5, 5.41) is 3.02. The lowest BCUT2D eigenvalue weighted by Gasteiger charge is -2.33. The molecule has 1 fully saturated rings.